The minimum absolute atomic E-state index is 0.207. The summed E-state index contributed by atoms with van der Waals surface area (Å²) < 4.78 is 5.05. The van der Waals surface area contributed by atoms with E-state index in [4.69, 9.17) is 9.84 Å². The molecule has 0 saturated carbocycles. The third-order valence-electron chi connectivity index (χ3n) is 2.12. The van der Waals surface area contributed by atoms with Gasteiger partial charge in [0.15, 0.2) is 0 Å². The fourth-order valence-corrected chi connectivity index (χ4v) is 1.37. The Balaban J connectivity index is 2.88. The molecule has 106 valence electrons. The molecule has 1 aromatic rings. The molecule has 0 aliphatic heterocycles. The Morgan fingerprint density at radius 1 is 1.20 bits per heavy atom. The Hall–Kier alpha value is -2.63. The van der Waals surface area contributed by atoms with Crippen molar-refractivity contribution in [3.8, 4) is 0 Å². The zero-order chi connectivity index (χ0) is 15.1. The Morgan fingerprint density at radius 2 is 1.85 bits per heavy atom. The van der Waals surface area contributed by atoms with Gasteiger partial charge in [0.1, 0.15) is 0 Å². The number of hydrogen-bond acceptors (Lipinski definition) is 4. The lowest BCUT2D eigenvalue weighted by molar-refractivity contribution is -0.131. The fraction of sp³-hybridized carbons (Fsp3) is 0.214. The van der Waals surface area contributed by atoms with Gasteiger partial charge in [-0.3, -0.25) is 4.79 Å². The summed E-state index contributed by atoms with van der Waals surface area (Å²) in [7, 11) is 0. The van der Waals surface area contributed by atoms with Crippen molar-refractivity contribution in [1.29, 1.82) is 0 Å². The van der Waals surface area contributed by atoms with E-state index in [1.54, 1.807) is 26.0 Å². The SMILES string of the molecule is CC(C)OC(=O)c1ccccc1NC(=O)/C=C/C(=O)O. The highest BCUT2D eigenvalue weighted by Gasteiger charge is 2.14. The summed E-state index contributed by atoms with van der Waals surface area (Å²) in [5, 5.41) is 10.9. The van der Waals surface area contributed by atoms with E-state index in [1.807, 2.05) is 0 Å². The molecule has 0 aromatic heterocycles. The van der Waals surface area contributed by atoms with E-state index in [0.29, 0.717) is 6.08 Å². The number of carboxylic acids is 1. The van der Waals surface area contributed by atoms with E-state index >= 15 is 0 Å². The predicted molar refractivity (Wildman–Crippen MR) is 72.4 cm³/mol. The van der Waals surface area contributed by atoms with Gasteiger partial charge >= 0.3 is 11.9 Å². The molecule has 1 amide bonds. The van der Waals surface area contributed by atoms with Crippen LogP contribution in [-0.4, -0.2) is 29.1 Å². The molecule has 0 aliphatic carbocycles. The number of ether oxygens (including phenoxy) is 1. The molecule has 0 bridgehead atoms. The van der Waals surface area contributed by atoms with Crippen molar-refractivity contribution in [3.63, 3.8) is 0 Å². The first-order valence-electron chi connectivity index (χ1n) is 5.92. The second-order valence-electron chi connectivity index (χ2n) is 4.16. The number of carbonyl (C=O) groups is 3. The van der Waals surface area contributed by atoms with Crippen LogP contribution in [0.5, 0.6) is 0 Å². The lowest BCUT2D eigenvalue weighted by Gasteiger charge is -2.11. The molecule has 20 heavy (non-hydrogen) atoms. The maximum Gasteiger partial charge on any atom is 0.340 e. The van der Waals surface area contributed by atoms with Gasteiger partial charge in [0.2, 0.25) is 5.91 Å². The summed E-state index contributed by atoms with van der Waals surface area (Å²) in [6.07, 6.45) is 1.30. The van der Waals surface area contributed by atoms with Crippen molar-refractivity contribution in [2.75, 3.05) is 5.32 Å². The highest BCUT2D eigenvalue weighted by Crippen LogP contribution is 2.17. The van der Waals surface area contributed by atoms with Crippen LogP contribution in [0.3, 0.4) is 0 Å². The first-order valence-corrected chi connectivity index (χ1v) is 5.92. The van der Waals surface area contributed by atoms with Crippen LogP contribution < -0.4 is 5.32 Å². The highest BCUT2D eigenvalue weighted by molar-refractivity contribution is 6.06. The summed E-state index contributed by atoms with van der Waals surface area (Å²) in [4.78, 5) is 33.7. The van der Waals surface area contributed by atoms with Gasteiger partial charge in [-0.15, -0.1) is 0 Å². The Kier molecular flexibility index (Phi) is 5.46. The average molecular weight is 277 g/mol. The van der Waals surface area contributed by atoms with Crippen LogP contribution in [0.2, 0.25) is 0 Å². The number of para-hydroxylation sites is 1. The number of aliphatic carboxylic acids is 1. The predicted octanol–water partition coefficient (Wildman–Crippen LogP) is 1.83. The molecule has 0 heterocycles. The van der Waals surface area contributed by atoms with E-state index in [0.717, 1.165) is 6.08 Å². The molecule has 1 rings (SSSR count). The minimum atomic E-state index is -1.23. The van der Waals surface area contributed by atoms with Crippen LogP contribution in [0.4, 0.5) is 5.69 Å². The Bertz CT molecular complexity index is 548. The maximum atomic E-state index is 11.8. The van der Waals surface area contributed by atoms with Crippen molar-refractivity contribution in [1.82, 2.24) is 0 Å². The summed E-state index contributed by atoms with van der Waals surface area (Å²) in [5.74, 6) is -2.43. The van der Waals surface area contributed by atoms with Crippen LogP contribution in [0, 0.1) is 0 Å². The van der Waals surface area contributed by atoms with Crippen LogP contribution in [0.25, 0.3) is 0 Å². The molecule has 0 fully saturated rings. The number of anilines is 1. The number of esters is 1. The standard InChI is InChI=1S/C14H15NO5/c1-9(2)20-14(19)10-5-3-4-6-11(10)15-12(16)7-8-13(17)18/h3-9H,1-2H3,(H,15,16)(H,17,18)/b8-7+. The van der Waals surface area contributed by atoms with Crippen LogP contribution in [-0.2, 0) is 14.3 Å². The lowest BCUT2D eigenvalue weighted by Crippen LogP contribution is -2.16. The van der Waals surface area contributed by atoms with E-state index in [-0.39, 0.29) is 17.4 Å². The molecule has 0 spiro atoms. The zero-order valence-electron chi connectivity index (χ0n) is 11.1. The van der Waals surface area contributed by atoms with E-state index < -0.39 is 17.8 Å². The monoisotopic (exact) mass is 277 g/mol. The molecule has 6 nitrogen and oxygen atoms in total. The van der Waals surface area contributed by atoms with Crippen molar-refractivity contribution in [2.24, 2.45) is 0 Å². The molecular formula is C14H15NO5. The number of carbonyl (C=O) groups excluding carboxylic acids is 2. The van der Waals surface area contributed by atoms with Gasteiger partial charge in [-0.2, -0.15) is 0 Å². The molecule has 0 atom stereocenters. The van der Waals surface area contributed by atoms with Gasteiger partial charge in [0.25, 0.3) is 0 Å². The number of hydrogen-bond donors (Lipinski definition) is 2. The van der Waals surface area contributed by atoms with Crippen molar-refractivity contribution in [3.05, 3.63) is 42.0 Å². The van der Waals surface area contributed by atoms with Crippen LogP contribution in [0.1, 0.15) is 24.2 Å². The summed E-state index contributed by atoms with van der Waals surface area (Å²) in [6.45, 7) is 3.43. The number of carboxylic acid groups (broad SMARTS) is 1. The van der Waals surface area contributed by atoms with Gasteiger partial charge in [0, 0.05) is 12.2 Å². The van der Waals surface area contributed by atoms with Gasteiger partial charge in [0.05, 0.1) is 17.4 Å². The van der Waals surface area contributed by atoms with E-state index in [1.165, 1.54) is 12.1 Å². The van der Waals surface area contributed by atoms with Gasteiger partial charge in [-0.05, 0) is 26.0 Å². The second-order valence-corrected chi connectivity index (χ2v) is 4.16. The van der Waals surface area contributed by atoms with Crippen molar-refractivity contribution >= 4 is 23.5 Å². The van der Waals surface area contributed by atoms with E-state index in [2.05, 4.69) is 5.32 Å². The molecule has 0 aliphatic rings. The largest absolute Gasteiger partial charge is 0.478 e. The summed E-state index contributed by atoms with van der Waals surface area (Å²) >= 11 is 0. The number of benzene rings is 1. The lowest BCUT2D eigenvalue weighted by atomic mass is 10.1. The van der Waals surface area contributed by atoms with Crippen LogP contribution >= 0.6 is 0 Å². The van der Waals surface area contributed by atoms with Crippen molar-refractivity contribution < 1.29 is 24.2 Å². The molecule has 0 unspecified atom stereocenters. The summed E-state index contributed by atoms with van der Waals surface area (Å²) in [6, 6.07) is 6.33. The van der Waals surface area contributed by atoms with Gasteiger partial charge in [-0.1, -0.05) is 12.1 Å². The first kappa shape index (κ1) is 15.4. The van der Waals surface area contributed by atoms with Gasteiger partial charge in [-0.25, -0.2) is 9.59 Å². The molecule has 0 saturated heterocycles. The number of nitrogens with one attached hydrogen (secondary N) is 1. The number of amides is 1. The quantitative estimate of drug-likeness (QED) is 0.632. The maximum absolute atomic E-state index is 11.8. The smallest absolute Gasteiger partial charge is 0.340 e. The fourth-order valence-electron chi connectivity index (χ4n) is 1.37. The Labute approximate surface area is 116 Å². The topological polar surface area (TPSA) is 92.7 Å². The minimum Gasteiger partial charge on any atom is -0.478 e. The number of rotatable bonds is 5. The van der Waals surface area contributed by atoms with Crippen LogP contribution in [0.15, 0.2) is 36.4 Å². The van der Waals surface area contributed by atoms with Gasteiger partial charge < -0.3 is 15.2 Å². The second kappa shape index (κ2) is 7.08. The highest BCUT2D eigenvalue weighted by atomic mass is 16.5. The average Bonchev–Trinajstić information content (AvgIpc) is 2.36. The molecule has 0 radical (unpaired) electrons. The summed E-state index contributed by atoms with van der Waals surface area (Å²) in [5.41, 5.74) is 0.469. The molecule has 6 heteroatoms. The van der Waals surface area contributed by atoms with Crippen molar-refractivity contribution in [2.45, 2.75) is 20.0 Å². The normalized spacial score (nSPS) is 10.6. The third kappa shape index (κ3) is 4.93. The molecule has 2 N–H and O–H groups in total. The first-order chi connectivity index (χ1) is 9.40. The molecular weight excluding hydrogens is 262 g/mol. The molecule has 1 aromatic carbocycles. The zero-order valence-corrected chi connectivity index (χ0v) is 11.1. The third-order valence-corrected chi connectivity index (χ3v) is 2.12. The Morgan fingerprint density at radius 3 is 2.45 bits per heavy atom. The van der Waals surface area contributed by atoms with E-state index in [9.17, 15) is 14.4 Å².